The molecule has 18 heavy (non-hydrogen) atoms. The van der Waals surface area contributed by atoms with Crippen LogP contribution in [0.5, 0.6) is 0 Å². The van der Waals surface area contributed by atoms with Crippen molar-refractivity contribution in [2.24, 2.45) is 11.8 Å². The van der Waals surface area contributed by atoms with E-state index in [-0.39, 0.29) is 0 Å². The van der Waals surface area contributed by atoms with E-state index in [0.717, 1.165) is 32.2 Å². The number of nitrogens with zero attached hydrogens (tertiary/aromatic N) is 2. The first kappa shape index (κ1) is 11.4. The van der Waals surface area contributed by atoms with Gasteiger partial charge in [-0.05, 0) is 24.0 Å². The van der Waals surface area contributed by atoms with E-state index in [4.69, 9.17) is 0 Å². The molecule has 1 N–H and O–H groups in total. The van der Waals surface area contributed by atoms with Crippen molar-refractivity contribution in [3.05, 3.63) is 34.1 Å². The molecule has 6 heteroatoms. The van der Waals surface area contributed by atoms with Gasteiger partial charge in [-0.1, -0.05) is 6.07 Å². The van der Waals surface area contributed by atoms with Crippen LogP contribution in [-0.4, -0.2) is 31.1 Å². The third-order valence-electron chi connectivity index (χ3n) is 3.88. The normalized spacial score (nSPS) is 26.4. The lowest BCUT2D eigenvalue weighted by molar-refractivity contribution is -0.386. The van der Waals surface area contributed by atoms with Gasteiger partial charge in [0.1, 0.15) is 5.69 Å². The molecule has 5 nitrogen and oxygen atoms in total. The van der Waals surface area contributed by atoms with Crippen molar-refractivity contribution < 1.29 is 9.31 Å². The predicted molar refractivity (Wildman–Crippen MR) is 65.1 cm³/mol. The Hall–Kier alpha value is -1.69. The van der Waals surface area contributed by atoms with Crippen LogP contribution < -0.4 is 10.2 Å². The predicted octanol–water partition coefficient (Wildman–Crippen LogP) is 1.39. The fourth-order valence-corrected chi connectivity index (χ4v) is 2.99. The number of halogens is 1. The summed E-state index contributed by atoms with van der Waals surface area (Å²) in [5.74, 6) is 0.286. The van der Waals surface area contributed by atoms with Gasteiger partial charge >= 0.3 is 5.69 Å². The molecule has 2 saturated heterocycles. The van der Waals surface area contributed by atoms with Crippen LogP contribution in [0.3, 0.4) is 0 Å². The van der Waals surface area contributed by atoms with Gasteiger partial charge in [0.15, 0.2) is 0 Å². The van der Waals surface area contributed by atoms with Crippen LogP contribution in [-0.2, 0) is 0 Å². The number of para-hydroxylation sites is 1. The van der Waals surface area contributed by atoms with Crippen LogP contribution in [0.2, 0.25) is 0 Å². The van der Waals surface area contributed by atoms with Crippen molar-refractivity contribution >= 4 is 11.4 Å². The van der Waals surface area contributed by atoms with Gasteiger partial charge in [0.05, 0.1) is 4.92 Å². The third kappa shape index (κ3) is 1.73. The molecular formula is C12H14FN3O2. The van der Waals surface area contributed by atoms with E-state index in [1.54, 1.807) is 6.07 Å². The molecule has 3 rings (SSSR count). The summed E-state index contributed by atoms with van der Waals surface area (Å²) in [7, 11) is 0. The van der Waals surface area contributed by atoms with Gasteiger partial charge in [0, 0.05) is 26.2 Å². The molecule has 0 spiro atoms. The maximum Gasteiger partial charge on any atom is 0.327 e. The maximum atomic E-state index is 13.6. The largest absolute Gasteiger partial charge is 0.365 e. The summed E-state index contributed by atoms with van der Waals surface area (Å²) >= 11 is 0. The summed E-state index contributed by atoms with van der Waals surface area (Å²) in [6.45, 7) is 3.43. The number of fused-ring (bicyclic) bond motifs is 1. The van der Waals surface area contributed by atoms with Crippen molar-refractivity contribution in [3.63, 3.8) is 0 Å². The fraction of sp³-hybridized carbons (Fsp3) is 0.500. The van der Waals surface area contributed by atoms with Gasteiger partial charge in [-0.3, -0.25) is 10.1 Å². The van der Waals surface area contributed by atoms with Crippen LogP contribution in [0.15, 0.2) is 18.2 Å². The standard InChI is InChI=1S/C12H14FN3O2/c13-10-2-1-3-11(12(10)16(17)18)15-6-8-4-14-5-9(8)7-15/h1-3,8-9,14H,4-7H2/t8-,9+. The highest BCUT2D eigenvalue weighted by atomic mass is 19.1. The highest BCUT2D eigenvalue weighted by molar-refractivity contribution is 5.64. The molecule has 0 unspecified atom stereocenters. The minimum Gasteiger partial charge on any atom is -0.365 e. The van der Waals surface area contributed by atoms with E-state index >= 15 is 0 Å². The molecule has 2 atom stereocenters. The quantitative estimate of drug-likeness (QED) is 0.637. The first-order valence-corrected chi connectivity index (χ1v) is 6.05. The Balaban J connectivity index is 1.93. The molecule has 2 fully saturated rings. The topological polar surface area (TPSA) is 58.4 Å². The molecule has 2 aliphatic heterocycles. The third-order valence-corrected chi connectivity index (χ3v) is 3.88. The summed E-state index contributed by atoms with van der Waals surface area (Å²) in [5, 5.41) is 14.3. The summed E-state index contributed by atoms with van der Waals surface area (Å²) in [5.41, 5.74) is 0.0137. The molecule has 1 aromatic rings. The van der Waals surface area contributed by atoms with Crippen molar-refractivity contribution in [3.8, 4) is 0 Å². The summed E-state index contributed by atoms with van der Waals surface area (Å²) in [6, 6.07) is 4.31. The minimum atomic E-state index is -0.757. The molecule has 96 valence electrons. The lowest BCUT2D eigenvalue weighted by atomic mass is 10.0. The monoisotopic (exact) mass is 251 g/mol. The zero-order chi connectivity index (χ0) is 12.7. The van der Waals surface area contributed by atoms with Crippen LogP contribution in [0, 0.1) is 27.8 Å². The van der Waals surface area contributed by atoms with Gasteiger partial charge in [-0.25, -0.2) is 0 Å². The first-order valence-electron chi connectivity index (χ1n) is 6.05. The van der Waals surface area contributed by atoms with Crippen molar-refractivity contribution in [2.75, 3.05) is 31.1 Å². The van der Waals surface area contributed by atoms with Crippen molar-refractivity contribution in [1.29, 1.82) is 0 Å². The Morgan fingerprint density at radius 1 is 1.33 bits per heavy atom. The minimum absolute atomic E-state index is 0.398. The fourth-order valence-electron chi connectivity index (χ4n) is 2.99. The lowest BCUT2D eigenvalue weighted by Gasteiger charge is -2.19. The number of hydrogen-bond acceptors (Lipinski definition) is 4. The summed E-state index contributed by atoms with van der Waals surface area (Å²) < 4.78 is 13.6. The van der Waals surface area contributed by atoms with E-state index < -0.39 is 16.4 Å². The summed E-state index contributed by atoms with van der Waals surface area (Å²) in [6.07, 6.45) is 0. The second-order valence-electron chi connectivity index (χ2n) is 4.95. The van der Waals surface area contributed by atoms with Crippen molar-refractivity contribution in [1.82, 2.24) is 5.32 Å². The zero-order valence-corrected chi connectivity index (χ0v) is 9.80. The average Bonchev–Trinajstić information content (AvgIpc) is 2.87. The van der Waals surface area contributed by atoms with Crippen LogP contribution in [0.25, 0.3) is 0 Å². The average molecular weight is 251 g/mol. The van der Waals surface area contributed by atoms with Gasteiger partial charge in [-0.15, -0.1) is 0 Å². The molecule has 2 aliphatic rings. The number of benzene rings is 1. The highest BCUT2D eigenvalue weighted by Gasteiger charge is 2.38. The molecule has 2 heterocycles. The second-order valence-corrected chi connectivity index (χ2v) is 4.95. The number of nitro groups is 1. The SMILES string of the molecule is O=[N+]([O-])c1c(F)cccc1N1C[C@H]2CNC[C@H]2C1. The van der Waals surface area contributed by atoms with Crippen LogP contribution in [0.1, 0.15) is 0 Å². The number of hydrogen-bond donors (Lipinski definition) is 1. The number of anilines is 1. The van der Waals surface area contributed by atoms with E-state index in [0.29, 0.717) is 17.5 Å². The summed E-state index contributed by atoms with van der Waals surface area (Å²) in [4.78, 5) is 12.3. The Morgan fingerprint density at radius 2 is 2.00 bits per heavy atom. The molecule has 1 aromatic carbocycles. The second kappa shape index (κ2) is 4.20. The van der Waals surface area contributed by atoms with Crippen LogP contribution >= 0.6 is 0 Å². The van der Waals surface area contributed by atoms with Gasteiger partial charge in [0.2, 0.25) is 5.82 Å². The molecule has 0 amide bonds. The zero-order valence-electron chi connectivity index (χ0n) is 9.80. The van der Waals surface area contributed by atoms with Gasteiger partial charge < -0.3 is 10.2 Å². The first-order chi connectivity index (χ1) is 8.66. The van der Waals surface area contributed by atoms with Crippen molar-refractivity contribution in [2.45, 2.75) is 0 Å². The molecule has 0 aliphatic carbocycles. The number of rotatable bonds is 2. The Labute approximate surface area is 104 Å². The molecule has 0 aromatic heterocycles. The Bertz CT molecular complexity index is 482. The smallest absolute Gasteiger partial charge is 0.327 e. The molecule has 0 radical (unpaired) electrons. The van der Waals surface area contributed by atoms with E-state index in [9.17, 15) is 14.5 Å². The van der Waals surface area contributed by atoms with Gasteiger partial charge in [-0.2, -0.15) is 4.39 Å². The molecule has 0 saturated carbocycles. The Morgan fingerprint density at radius 3 is 2.61 bits per heavy atom. The van der Waals surface area contributed by atoms with Gasteiger partial charge in [0.25, 0.3) is 0 Å². The van der Waals surface area contributed by atoms with E-state index in [1.807, 2.05) is 4.90 Å². The number of nitro benzene ring substituents is 1. The molecular weight excluding hydrogens is 237 g/mol. The number of nitrogens with one attached hydrogen (secondary N) is 1. The van der Waals surface area contributed by atoms with E-state index in [2.05, 4.69) is 5.32 Å². The Kier molecular flexibility index (Phi) is 2.66. The van der Waals surface area contributed by atoms with E-state index in [1.165, 1.54) is 6.07 Å². The lowest BCUT2D eigenvalue weighted by Crippen LogP contribution is -2.26. The highest BCUT2D eigenvalue weighted by Crippen LogP contribution is 2.36. The maximum absolute atomic E-state index is 13.6. The van der Waals surface area contributed by atoms with Crippen LogP contribution in [0.4, 0.5) is 15.8 Å². The molecule has 0 bridgehead atoms.